The van der Waals surface area contributed by atoms with E-state index < -0.39 is 15.8 Å². The summed E-state index contributed by atoms with van der Waals surface area (Å²) >= 11 is 0. The molecule has 3 N–H and O–H groups in total. The summed E-state index contributed by atoms with van der Waals surface area (Å²) in [6, 6.07) is 7.78. The topological polar surface area (TPSA) is 131 Å². The fourth-order valence-electron chi connectivity index (χ4n) is 4.96. The van der Waals surface area contributed by atoms with E-state index in [1.165, 1.54) is 20.8 Å². The molecule has 210 valence electrons. The van der Waals surface area contributed by atoms with Gasteiger partial charge in [0, 0.05) is 62.8 Å². The van der Waals surface area contributed by atoms with Crippen molar-refractivity contribution in [3.8, 4) is 11.1 Å². The first kappa shape index (κ1) is 26.6. The average Bonchev–Trinajstić information content (AvgIpc) is 3.69. The highest BCUT2D eigenvalue weighted by atomic mass is 32.2. The largest absolute Gasteiger partial charge is 0.337 e. The quantitative estimate of drug-likeness (QED) is 0.332. The lowest BCUT2D eigenvalue weighted by Crippen LogP contribution is -2.49. The lowest BCUT2D eigenvalue weighted by molar-refractivity contribution is 0.192. The van der Waals surface area contributed by atoms with Crippen LogP contribution in [-0.4, -0.2) is 76.1 Å². The number of nitrogens with one attached hydrogen (secondary N) is 1. The van der Waals surface area contributed by atoms with Crippen LogP contribution in [-0.2, 0) is 10.0 Å². The number of hydrogen-bond donors (Lipinski definition) is 2. The minimum absolute atomic E-state index is 0.0233. The zero-order valence-electron chi connectivity index (χ0n) is 22.1. The van der Waals surface area contributed by atoms with E-state index in [0.717, 1.165) is 30.0 Å². The highest BCUT2D eigenvalue weighted by Gasteiger charge is 2.29. The van der Waals surface area contributed by atoms with Crippen LogP contribution in [0.5, 0.6) is 0 Å². The van der Waals surface area contributed by atoms with Crippen molar-refractivity contribution < 1.29 is 12.8 Å². The van der Waals surface area contributed by atoms with Crippen LogP contribution in [0.3, 0.4) is 0 Å². The maximum Gasteiger partial charge on any atom is 0.262 e. The molecular weight excluding hydrogens is 535 g/mol. The van der Waals surface area contributed by atoms with Gasteiger partial charge in [0.25, 0.3) is 5.56 Å². The van der Waals surface area contributed by atoms with Gasteiger partial charge >= 0.3 is 0 Å². The Hall–Kier alpha value is -3.65. The lowest BCUT2D eigenvalue weighted by Gasteiger charge is -2.33. The number of benzene rings is 1. The van der Waals surface area contributed by atoms with Crippen LogP contribution in [0.25, 0.3) is 16.8 Å². The second-order valence-electron chi connectivity index (χ2n) is 10.3. The van der Waals surface area contributed by atoms with Crippen LogP contribution in [0.15, 0.2) is 58.6 Å². The number of anilines is 2. The molecule has 0 spiro atoms. The number of piperazine rings is 1. The standard InChI is InChI=1S/C27H31FN8O3S/c1-18-26(32-25-7-2-19(16-35(25)27(18)37)20-15-30-36(17-20)21-3-4-21)31-24-6-5-22(14-23(24)28)40(38,39)34-12-10-33(9-8-29)11-13-34/h2,5-7,14-17,21,31H,3-4,8-13,29H2,1H3. The van der Waals surface area contributed by atoms with Crippen molar-refractivity contribution in [2.75, 3.05) is 44.6 Å². The molecule has 13 heteroatoms. The van der Waals surface area contributed by atoms with E-state index in [-0.39, 0.29) is 22.0 Å². The van der Waals surface area contributed by atoms with E-state index >= 15 is 4.39 Å². The third kappa shape index (κ3) is 5.01. The van der Waals surface area contributed by atoms with Gasteiger partial charge in [-0.2, -0.15) is 9.40 Å². The number of hydrogen-bond acceptors (Lipinski definition) is 8. The highest BCUT2D eigenvalue weighted by molar-refractivity contribution is 7.89. The van der Waals surface area contributed by atoms with Gasteiger partial charge in [0.1, 0.15) is 17.3 Å². The SMILES string of the molecule is Cc1c(Nc2ccc(S(=O)(=O)N3CCN(CCN)CC3)cc2F)nc2ccc(-c3cnn(C4CC4)c3)cn2c1=O. The number of aromatic nitrogens is 4. The van der Waals surface area contributed by atoms with Crippen molar-refractivity contribution in [3.05, 3.63) is 70.7 Å². The van der Waals surface area contributed by atoms with Crippen LogP contribution in [0.2, 0.25) is 0 Å². The number of sulfonamides is 1. The first-order chi connectivity index (χ1) is 19.2. The predicted molar refractivity (Wildman–Crippen MR) is 150 cm³/mol. The summed E-state index contributed by atoms with van der Waals surface area (Å²) in [6.45, 7) is 4.62. The Labute approximate surface area is 231 Å². The Morgan fingerprint density at radius 3 is 2.55 bits per heavy atom. The Morgan fingerprint density at radius 1 is 1.07 bits per heavy atom. The van der Waals surface area contributed by atoms with E-state index in [4.69, 9.17) is 5.73 Å². The minimum Gasteiger partial charge on any atom is -0.337 e. The number of halogens is 1. The fourth-order valence-corrected chi connectivity index (χ4v) is 6.39. The van der Waals surface area contributed by atoms with Crippen molar-refractivity contribution in [1.82, 2.24) is 28.4 Å². The van der Waals surface area contributed by atoms with Gasteiger partial charge in [-0.15, -0.1) is 0 Å². The molecule has 1 aliphatic carbocycles. The molecule has 0 amide bonds. The Bertz CT molecular complexity index is 1740. The lowest BCUT2D eigenvalue weighted by atomic mass is 10.1. The van der Waals surface area contributed by atoms with Crippen molar-refractivity contribution >= 4 is 27.2 Å². The Morgan fingerprint density at radius 2 is 1.85 bits per heavy atom. The van der Waals surface area contributed by atoms with Gasteiger partial charge < -0.3 is 11.1 Å². The van der Waals surface area contributed by atoms with E-state index in [0.29, 0.717) is 56.5 Å². The molecule has 2 aliphatic rings. The molecule has 0 bridgehead atoms. The van der Waals surface area contributed by atoms with Crippen LogP contribution in [0, 0.1) is 12.7 Å². The highest BCUT2D eigenvalue weighted by Crippen LogP contribution is 2.35. The summed E-state index contributed by atoms with van der Waals surface area (Å²) in [5.74, 6) is -0.558. The Balaban J connectivity index is 1.23. The zero-order valence-corrected chi connectivity index (χ0v) is 22.9. The van der Waals surface area contributed by atoms with Gasteiger partial charge in [0.05, 0.1) is 28.4 Å². The Kier molecular flexibility index (Phi) is 6.90. The van der Waals surface area contributed by atoms with E-state index in [2.05, 4.69) is 20.3 Å². The fraction of sp³-hybridized carbons (Fsp3) is 0.370. The second kappa shape index (κ2) is 10.4. The summed E-state index contributed by atoms with van der Waals surface area (Å²) in [7, 11) is -3.85. The van der Waals surface area contributed by atoms with Crippen molar-refractivity contribution in [1.29, 1.82) is 0 Å². The maximum atomic E-state index is 15.2. The predicted octanol–water partition coefficient (Wildman–Crippen LogP) is 2.35. The summed E-state index contributed by atoms with van der Waals surface area (Å²) in [5.41, 5.74) is 7.77. The smallest absolute Gasteiger partial charge is 0.262 e. The van der Waals surface area contributed by atoms with Crippen LogP contribution >= 0.6 is 0 Å². The molecule has 6 rings (SSSR count). The molecule has 0 unspecified atom stereocenters. The molecule has 11 nitrogen and oxygen atoms in total. The molecule has 1 saturated carbocycles. The summed E-state index contributed by atoms with van der Waals surface area (Å²) in [6.07, 6.45) is 7.75. The van der Waals surface area contributed by atoms with Gasteiger partial charge in [-0.1, -0.05) is 0 Å². The van der Waals surface area contributed by atoms with Crippen LogP contribution in [0.4, 0.5) is 15.9 Å². The second-order valence-corrected chi connectivity index (χ2v) is 12.2. The summed E-state index contributed by atoms with van der Waals surface area (Å²) < 4.78 is 46.2. The first-order valence-corrected chi connectivity index (χ1v) is 14.8. The van der Waals surface area contributed by atoms with Gasteiger partial charge in [-0.25, -0.2) is 17.8 Å². The number of fused-ring (bicyclic) bond motifs is 1. The molecule has 1 saturated heterocycles. The molecule has 1 aliphatic heterocycles. The van der Waals surface area contributed by atoms with Gasteiger partial charge in [-0.3, -0.25) is 18.8 Å². The maximum absolute atomic E-state index is 15.2. The molecule has 3 aromatic heterocycles. The van der Waals surface area contributed by atoms with Gasteiger partial charge in [-0.05, 0) is 50.1 Å². The third-order valence-electron chi connectivity index (χ3n) is 7.51. The first-order valence-electron chi connectivity index (χ1n) is 13.3. The minimum atomic E-state index is -3.85. The van der Waals surface area contributed by atoms with Crippen molar-refractivity contribution in [2.24, 2.45) is 5.73 Å². The van der Waals surface area contributed by atoms with E-state index in [1.807, 2.05) is 16.9 Å². The van der Waals surface area contributed by atoms with Crippen LogP contribution in [0.1, 0.15) is 24.4 Å². The van der Waals surface area contributed by atoms with Crippen molar-refractivity contribution in [2.45, 2.75) is 30.7 Å². The van der Waals surface area contributed by atoms with Crippen LogP contribution < -0.4 is 16.6 Å². The van der Waals surface area contributed by atoms with Gasteiger partial charge in [0.2, 0.25) is 10.0 Å². The number of rotatable bonds is 8. The average molecular weight is 567 g/mol. The zero-order chi connectivity index (χ0) is 28.0. The van der Waals surface area contributed by atoms with Crippen molar-refractivity contribution in [3.63, 3.8) is 0 Å². The van der Waals surface area contributed by atoms with E-state index in [1.54, 1.807) is 25.4 Å². The number of nitrogens with two attached hydrogens (primary N) is 1. The molecule has 4 aromatic rings. The van der Waals surface area contributed by atoms with Gasteiger partial charge in [0.15, 0.2) is 0 Å². The third-order valence-corrected chi connectivity index (χ3v) is 9.41. The molecule has 2 fully saturated rings. The molecule has 40 heavy (non-hydrogen) atoms. The molecular formula is C27H31FN8O3S. The molecule has 0 radical (unpaired) electrons. The monoisotopic (exact) mass is 566 g/mol. The summed E-state index contributed by atoms with van der Waals surface area (Å²) in [4.78, 5) is 19.8. The number of nitrogens with zero attached hydrogens (tertiary/aromatic N) is 6. The molecule has 1 aromatic carbocycles. The normalized spacial score (nSPS) is 17.0. The van der Waals surface area contributed by atoms with E-state index in [9.17, 15) is 13.2 Å². The summed E-state index contributed by atoms with van der Waals surface area (Å²) in [5, 5.41) is 7.30. The molecule has 4 heterocycles. The number of pyridine rings is 1. The molecule has 0 atom stereocenters.